The van der Waals surface area contributed by atoms with E-state index < -0.39 is 17.5 Å². The zero-order valence-electron chi connectivity index (χ0n) is 11.8. The van der Waals surface area contributed by atoms with Crippen LogP contribution in [0.25, 0.3) is 22.2 Å². The lowest BCUT2D eigenvalue weighted by Gasteiger charge is -2.12. The molecule has 0 atom stereocenters. The van der Waals surface area contributed by atoms with Gasteiger partial charge in [0.15, 0.2) is 0 Å². The smallest absolute Gasteiger partial charge is 0.126 e. The molecule has 1 N–H and O–H groups in total. The molecule has 2 aromatic carbocycles. The first-order chi connectivity index (χ1) is 10.6. The summed E-state index contributed by atoms with van der Waals surface area (Å²) >= 11 is 0. The second-order valence-electron chi connectivity index (χ2n) is 4.91. The van der Waals surface area contributed by atoms with Gasteiger partial charge in [0.2, 0.25) is 0 Å². The molecule has 0 saturated heterocycles. The molecule has 2 nitrogen and oxygen atoms in total. The van der Waals surface area contributed by atoms with Crippen LogP contribution in [0.15, 0.2) is 42.5 Å². The lowest BCUT2D eigenvalue weighted by molar-refractivity contribution is 0.584. The Morgan fingerprint density at radius 3 is 2.32 bits per heavy atom. The maximum absolute atomic E-state index is 13.5. The van der Waals surface area contributed by atoms with E-state index in [1.807, 2.05) is 6.92 Å². The maximum Gasteiger partial charge on any atom is 0.126 e. The summed E-state index contributed by atoms with van der Waals surface area (Å²) < 4.78 is 40.3. The fraction of sp³-hybridized carbons (Fsp3) is 0.118. The Hall–Kier alpha value is -2.56. The number of hydrogen-bond donors (Lipinski definition) is 1. The van der Waals surface area contributed by atoms with E-state index in [1.54, 1.807) is 12.1 Å². The van der Waals surface area contributed by atoms with E-state index in [2.05, 4.69) is 10.3 Å². The lowest BCUT2D eigenvalue weighted by Crippen LogP contribution is -2.01. The van der Waals surface area contributed by atoms with Gasteiger partial charge in [-0.05, 0) is 37.3 Å². The second-order valence-corrected chi connectivity index (χ2v) is 4.91. The largest absolute Gasteiger partial charge is 0.384 e. The van der Waals surface area contributed by atoms with Crippen LogP contribution in [0.3, 0.4) is 0 Å². The third-order valence-corrected chi connectivity index (χ3v) is 3.28. The SMILES string of the molecule is CCNc1cc2ccc(F)cc2nc1-c1cc(F)cc(F)c1. The molecule has 0 aliphatic heterocycles. The van der Waals surface area contributed by atoms with Gasteiger partial charge in [-0.2, -0.15) is 0 Å². The number of halogens is 3. The molecule has 0 bridgehead atoms. The normalized spacial score (nSPS) is 10.9. The molecule has 112 valence electrons. The molecular weight excluding hydrogens is 289 g/mol. The maximum atomic E-state index is 13.5. The van der Waals surface area contributed by atoms with Crippen LogP contribution < -0.4 is 5.32 Å². The van der Waals surface area contributed by atoms with Crippen molar-refractivity contribution in [3.8, 4) is 11.3 Å². The highest BCUT2D eigenvalue weighted by Crippen LogP contribution is 2.30. The van der Waals surface area contributed by atoms with E-state index in [0.717, 1.165) is 11.5 Å². The summed E-state index contributed by atoms with van der Waals surface area (Å²) in [7, 11) is 0. The summed E-state index contributed by atoms with van der Waals surface area (Å²) in [6.45, 7) is 2.53. The highest BCUT2D eigenvalue weighted by atomic mass is 19.1. The molecule has 0 unspecified atom stereocenters. The first-order valence-corrected chi connectivity index (χ1v) is 6.87. The fourth-order valence-corrected chi connectivity index (χ4v) is 2.38. The van der Waals surface area contributed by atoms with Crippen molar-refractivity contribution < 1.29 is 13.2 Å². The minimum atomic E-state index is -0.682. The summed E-state index contributed by atoms with van der Waals surface area (Å²) in [5.41, 5.74) is 1.77. The molecule has 0 saturated carbocycles. The summed E-state index contributed by atoms with van der Waals surface area (Å²) in [5.74, 6) is -1.77. The Morgan fingerprint density at radius 1 is 0.909 bits per heavy atom. The van der Waals surface area contributed by atoms with Crippen molar-refractivity contribution in [1.29, 1.82) is 0 Å². The van der Waals surface area contributed by atoms with Crippen molar-refractivity contribution in [2.24, 2.45) is 0 Å². The van der Waals surface area contributed by atoms with Crippen LogP contribution in [-0.4, -0.2) is 11.5 Å². The van der Waals surface area contributed by atoms with Crippen molar-refractivity contribution in [2.75, 3.05) is 11.9 Å². The fourth-order valence-electron chi connectivity index (χ4n) is 2.38. The van der Waals surface area contributed by atoms with Gasteiger partial charge in [0.25, 0.3) is 0 Å². The topological polar surface area (TPSA) is 24.9 Å². The van der Waals surface area contributed by atoms with E-state index in [9.17, 15) is 13.2 Å². The molecule has 1 heterocycles. The molecule has 0 aliphatic carbocycles. The highest BCUT2D eigenvalue weighted by Gasteiger charge is 2.12. The first-order valence-electron chi connectivity index (χ1n) is 6.87. The van der Waals surface area contributed by atoms with Gasteiger partial charge in [-0.15, -0.1) is 0 Å². The van der Waals surface area contributed by atoms with Gasteiger partial charge in [0.05, 0.1) is 16.9 Å². The molecule has 3 aromatic rings. The standard InChI is InChI=1S/C17H13F3N2/c1-2-21-16-7-10-3-4-12(18)9-15(10)22-17(16)11-5-13(19)8-14(20)6-11/h3-9,21H,2H2,1H3. The lowest BCUT2D eigenvalue weighted by atomic mass is 10.1. The molecule has 1 aromatic heterocycles. The van der Waals surface area contributed by atoms with E-state index in [0.29, 0.717) is 29.0 Å². The Labute approximate surface area is 125 Å². The summed E-state index contributed by atoms with van der Waals surface area (Å²) in [6.07, 6.45) is 0. The van der Waals surface area contributed by atoms with Gasteiger partial charge in [-0.25, -0.2) is 18.2 Å². The van der Waals surface area contributed by atoms with Gasteiger partial charge < -0.3 is 5.32 Å². The minimum absolute atomic E-state index is 0.305. The zero-order chi connectivity index (χ0) is 15.7. The van der Waals surface area contributed by atoms with Crippen LogP contribution in [0.5, 0.6) is 0 Å². The Kier molecular flexibility index (Phi) is 3.71. The van der Waals surface area contributed by atoms with Crippen molar-refractivity contribution in [1.82, 2.24) is 4.98 Å². The summed E-state index contributed by atoms with van der Waals surface area (Å²) in [4.78, 5) is 4.37. The average Bonchev–Trinajstić information content (AvgIpc) is 2.46. The second kappa shape index (κ2) is 5.67. The Morgan fingerprint density at radius 2 is 1.64 bits per heavy atom. The molecule has 5 heteroatoms. The van der Waals surface area contributed by atoms with Crippen molar-refractivity contribution >= 4 is 16.6 Å². The van der Waals surface area contributed by atoms with E-state index >= 15 is 0 Å². The number of pyridine rings is 1. The van der Waals surface area contributed by atoms with Crippen molar-refractivity contribution in [3.05, 3.63) is 59.9 Å². The van der Waals surface area contributed by atoms with Crippen LogP contribution in [0.2, 0.25) is 0 Å². The number of nitrogens with zero attached hydrogens (tertiary/aromatic N) is 1. The third-order valence-electron chi connectivity index (χ3n) is 3.28. The average molecular weight is 302 g/mol. The minimum Gasteiger partial charge on any atom is -0.384 e. The Balaban J connectivity index is 2.27. The quantitative estimate of drug-likeness (QED) is 0.755. The van der Waals surface area contributed by atoms with Crippen LogP contribution in [0.1, 0.15) is 6.92 Å². The molecule has 0 radical (unpaired) electrons. The molecule has 3 rings (SSSR count). The van der Waals surface area contributed by atoms with Crippen LogP contribution in [-0.2, 0) is 0 Å². The van der Waals surface area contributed by atoms with Gasteiger partial charge in [0.1, 0.15) is 17.5 Å². The van der Waals surface area contributed by atoms with Gasteiger partial charge in [0, 0.05) is 29.6 Å². The predicted octanol–water partition coefficient (Wildman–Crippen LogP) is 4.75. The molecule has 0 amide bonds. The van der Waals surface area contributed by atoms with E-state index in [-0.39, 0.29) is 0 Å². The van der Waals surface area contributed by atoms with Crippen LogP contribution >= 0.6 is 0 Å². The summed E-state index contributed by atoms with van der Waals surface area (Å²) in [5, 5.41) is 3.87. The molecular formula is C17H13F3N2. The Bertz CT molecular complexity index is 826. The van der Waals surface area contributed by atoms with Gasteiger partial charge in [-0.3, -0.25) is 0 Å². The van der Waals surface area contributed by atoms with Crippen LogP contribution in [0, 0.1) is 17.5 Å². The number of nitrogens with one attached hydrogen (secondary N) is 1. The van der Waals surface area contributed by atoms with Crippen molar-refractivity contribution in [3.63, 3.8) is 0 Å². The number of hydrogen-bond acceptors (Lipinski definition) is 2. The van der Waals surface area contributed by atoms with Crippen LogP contribution in [0.4, 0.5) is 18.9 Å². The van der Waals surface area contributed by atoms with Gasteiger partial charge >= 0.3 is 0 Å². The number of rotatable bonds is 3. The monoisotopic (exact) mass is 302 g/mol. The number of fused-ring (bicyclic) bond motifs is 1. The molecule has 0 aliphatic rings. The van der Waals surface area contributed by atoms with E-state index in [4.69, 9.17) is 0 Å². The third kappa shape index (κ3) is 2.74. The van der Waals surface area contributed by atoms with Crippen molar-refractivity contribution in [2.45, 2.75) is 6.92 Å². The number of aromatic nitrogens is 1. The first kappa shape index (κ1) is 14.4. The molecule has 22 heavy (non-hydrogen) atoms. The molecule has 0 fully saturated rings. The highest BCUT2D eigenvalue weighted by molar-refractivity contribution is 5.88. The number of benzene rings is 2. The van der Waals surface area contributed by atoms with E-state index in [1.165, 1.54) is 24.3 Å². The molecule has 0 spiro atoms. The summed E-state index contributed by atoms with van der Waals surface area (Å²) in [6, 6.07) is 9.27. The number of anilines is 1. The van der Waals surface area contributed by atoms with Gasteiger partial charge in [-0.1, -0.05) is 0 Å². The zero-order valence-corrected chi connectivity index (χ0v) is 11.8. The predicted molar refractivity (Wildman–Crippen MR) is 81.2 cm³/mol.